The van der Waals surface area contributed by atoms with Gasteiger partial charge in [-0.05, 0) is 117 Å². The van der Waals surface area contributed by atoms with Crippen LogP contribution in [0.25, 0.3) is 39.5 Å². The SMILES string of the molecule is C=C/C=C\C1=C(C)C(C)=C(/C=C\C=C)C12c1cccc(-c3cccc(C(c4ccccc4)c4cccc(-c5ccccc5)c4)c3)c1-c1c2sc(CC)c1/C=C\C.C=C/C=C\N.CC. The van der Waals surface area contributed by atoms with Crippen molar-refractivity contribution in [2.45, 2.75) is 59.3 Å². The van der Waals surface area contributed by atoms with Gasteiger partial charge in [0.1, 0.15) is 0 Å². The van der Waals surface area contributed by atoms with Crippen LogP contribution in [0.15, 0.2) is 230 Å². The molecule has 2 heteroatoms. The summed E-state index contributed by atoms with van der Waals surface area (Å²) in [5.41, 5.74) is 23.9. The van der Waals surface area contributed by atoms with Gasteiger partial charge in [0.2, 0.25) is 0 Å². The normalized spacial score (nSPS) is 14.2. The fourth-order valence-electron chi connectivity index (χ4n) is 9.30. The van der Waals surface area contributed by atoms with E-state index in [-0.39, 0.29) is 5.92 Å². The molecule has 1 atom stereocenters. The Labute approximate surface area is 381 Å². The lowest BCUT2D eigenvalue weighted by Crippen LogP contribution is -2.26. The van der Waals surface area contributed by atoms with Gasteiger partial charge in [-0.2, -0.15) is 0 Å². The molecule has 1 aromatic heterocycles. The van der Waals surface area contributed by atoms with E-state index in [9.17, 15) is 0 Å². The molecule has 0 amide bonds. The zero-order chi connectivity index (χ0) is 44.9. The zero-order valence-corrected chi connectivity index (χ0v) is 38.7. The summed E-state index contributed by atoms with van der Waals surface area (Å²) >= 11 is 1.99. The summed E-state index contributed by atoms with van der Waals surface area (Å²) in [5, 5.41) is 0. The van der Waals surface area contributed by atoms with E-state index < -0.39 is 5.41 Å². The second-order valence-electron chi connectivity index (χ2n) is 15.3. The molecule has 8 rings (SSSR count). The average molecular weight is 840 g/mol. The van der Waals surface area contributed by atoms with Crippen LogP contribution in [0.4, 0.5) is 0 Å². The zero-order valence-electron chi connectivity index (χ0n) is 37.9. The van der Waals surface area contributed by atoms with E-state index in [1.807, 2.05) is 37.3 Å². The van der Waals surface area contributed by atoms with Crippen molar-refractivity contribution in [3.63, 3.8) is 0 Å². The van der Waals surface area contributed by atoms with Gasteiger partial charge in [0, 0.05) is 21.2 Å². The molecular formula is C61H61NS. The molecule has 6 aromatic rings. The number of rotatable bonds is 12. The minimum absolute atomic E-state index is 0.0576. The highest BCUT2D eigenvalue weighted by atomic mass is 32.1. The van der Waals surface area contributed by atoms with E-state index in [4.69, 9.17) is 5.73 Å². The summed E-state index contributed by atoms with van der Waals surface area (Å²) in [7, 11) is 0. The molecule has 2 N–H and O–H groups in total. The number of allylic oxidation sites excluding steroid dienone is 13. The molecule has 2 aliphatic rings. The van der Waals surface area contributed by atoms with Crippen molar-refractivity contribution in [3.05, 3.63) is 268 Å². The van der Waals surface area contributed by atoms with E-state index in [1.165, 1.54) is 99.4 Å². The van der Waals surface area contributed by atoms with Crippen molar-refractivity contribution in [2.75, 3.05) is 0 Å². The molecule has 1 spiro atoms. The van der Waals surface area contributed by atoms with E-state index in [0.29, 0.717) is 0 Å². The summed E-state index contributed by atoms with van der Waals surface area (Å²) in [5.74, 6) is 0.0576. The average Bonchev–Trinajstić information content (AvgIpc) is 3.91. The van der Waals surface area contributed by atoms with Crippen LogP contribution >= 0.6 is 11.3 Å². The molecule has 2 aliphatic carbocycles. The van der Waals surface area contributed by atoms with Gasteiger partial charge in [-0.15, -0.1) is 11.3 Å². The fraction of sp³-hybridized carbons (Fsp3) is 0.148. The first-order valence-corrected chi connectivity index (χ1v) is 22.9. The molecule has 1 unspecified atom stereocenters. The molecule has 5 aromatic carbocycles. The molecule has 1 nitrogen and oxygen atoms in total. The molecular weight excluding hydrogens is 779 g/mol. The quantitative estimate of drug-likeness (QED) is 0.0964. The Morgan fingerprint density at radius 3 is 1.67 bits per heavy atom. The van der Waals surface area contributed by atoms with E-state index in [0.717, 1.165) is 6.42 Å². The fourth-order valence-corrected chi connectivity index (χ4v) is 10.8. The third kappa shape index (κ3) is 8.70. The minimum Gasteiger partial charge on any atom is -0.405 e. The monoisotopic (exact) mass is 839 g/mol. The topological polar surface area (TPSA) is 26.0 Å². The van der Waals surface area contributed by atoms with Crippen molar-refractivity contribution < 1.29 is 0 Å². The van der Waals surface area contributed by atoms with Crippen LogP contribution in [0.2, 0.25) is 0 Å². The Balaban J connectivity index is 0.000000883. The first-order valence-electron chi connectivity index (χ1n) is 22.1. The number of fused-ring (bicyclic) bond motifs is 5. The van der Waals surface area contributed by atoms with Gasteiger partial charge < -0.3 is 5.73 Å². The van der Waals surface area contributed by atoms with Crippen molar-refractivity contribution in [1.29, 1.82) is 0 Å². The van der Waals surface area contributed by atoms with Gasteiger partial charge in [-0.3, -0.25) is 0 Å². The van der Waals surface area contributed by atoms with Crippen LogP contribution < -0.4 is 5.73 Å². The Morgan fingerprint density at radius 1 is 0.603 bits per heavy atom. The summed E-state index contributed by atoms with van der Waals surface area (Å²) in [6.07, 6.45) is 22.9. The second-order valence-corrected chi connectivity index (χ2v) is 16.4. The predicted octanol–water partition coefficient (Wildman–Crippen LogP) is 16.9. The molecule has 0 bridgehead atoms. The lowest BCUT2D eigenvalue weighted by Gasteiger charge is -2.32. The molecule has 0 radical (unpaired) electrons. The maximum atomic E-state index is 4.89. The van der Waals surface area contributed by atoms with Crippen LogP contribution in [-0.4, -0.2) is 0 Å². The standard InChI is InChI=1S/C55H48S.C4H7N.C2H6/c1-7-11-32-47-37(5)38(6)48(33-12-8-2)55(47)49-34-21-31-45(52(49)53-46(22-9-3)50(10-4)56-54(53)55)42-28-20-30-44(36-42)51(40-25-17-14-18-26-40)43-29-19-27-41(35-43)39-23-15-13-16-24-39;1-2-3-4-5;1-2/h7-9,11-36,51H,1-2,10H2,3-6H3;2-4H,1,5H2;1-2H3/b22-9-,32-11-,33-12-;4-3-;. The highest BCUT2D eigenvalue weighted by Gasteiger charge is 2.54. The highest BCUT2D eigenvalue weighted by molar-refractivity contribution is 7.13. The Hall–Kier alpha value is -6.74. The molecule has 1 heterocycles. The first kappa shape index (κ1) is 45.8. The number of nitrogens with two attached hydrogens (primary N) is 1. The van der Waals surface area contributed by atoms with Crippen molar-refractivity contribution in [2.24, 2.45) is 5.73 Å². The summed E-state index contributed by atoms with van der Waals surface area (Å²) < 4.78 is 0. The Kier molecular flexibility index (Phi) is 15.5. The van der Waals surface area contributed by atoms with Gasteiger partial charge in [-0.1, -0.05) is 223 Å². The van der Waals surface area contributed by atoms with Crippen LogP contribution in [0, 0.1) is 0 Å². The molecule has 316 valence electrons. The Morgan fingerprint density at radius 2 is 1.13 bits per heavy atom. The van der Waals surface area contributed by atoms with Crippen LogP contribution in [0.3, 0.4) is 0 Å². The van der Waals surface area contributed by atoms with E-state index in [1.54, 1.807) is 12.2 Å². The number of thiophene rings is 1. The maximum Gasteiger partial charge on any atom is 0.0812 e. The summed E-state index contributed by atoms with van der Waals surface area (Å²) in [6, 6.07) is 47.1. The van der Waals surface area contributed by atoms with Gasteiger partial charge in [-0.25, -0.2) is 0 Å². The highest BCUT2D eigenvalue weighted by Crippen LogP contribution is 2.66. The largest absolute Gasteiger partial charge is 0.405 e. The van der Waals surface area contributed by atoms with Gasteiger partial charge in [0.25, 0.3) is 0 Å². The van der Waals surface area contributed by atoms with Gasteiger partial charge >= 0.3 is 0 Å². The van der Waals surface area contributed by atoms with Crippen molar-refractivity contribution >= 4 is 17.4 Å². The number of hydrogen-bond donors (Lipinski definition) is 1. The van der Waals surface area contributed by atoms with Gasteiger partial charge in [0.15, 0.2) is 0 Å². The van der Waals surface area contributed by atoms with E-state index >= 15 is 0 Å². The molecule has 63 heavy (non-hydrogen) atoms. The molecule has 0 aliphatic heterocycles. The first-order chi connectivity index (χ1) is 30.9. The number of hydrogen-bond acceptors (Lipinski definition) is 2. The lowest BCUT2D eigenvalue weighted by molar-refractivity contribution is 0.794. The van der Waals surface area contributed by atoms with Crippen molar-refractivity contribution in [3.8, 4) is 33.4 Å². The Bertz CT molecular complexity index is 2720. The molecule has 0 saturated carbocycles. The lowest BCUT2D eigenvalue weighted by atomic mass is 9.71. The molecule has 0 fully saturated rings. The maximum absolute atomic E-state index is 4.89. The predicted molar refractivity (Wildman–Crippen MR) is 278 cm³/mol. The van der Waals surface area contributed by atoms with E-state index in [2.05, 4.69) is 211 Å². The van der Waals surface area contributed by atoms with Crippen molar-refractivity contribution in [1.82, 2.24) is 0 Å². The van der Waals surface area contributed by atoms with Crippen LogP contribution in [0.5, 0.6) is 0 Å². The smallest absolute Gasteiger partial charge is 0.0812 e. The third-order valence-electron chi connectivity index (χ3n) is 12.0. The summed E-state index contributed by atoms with van der Waals surface area (Å²) in [4.78, 5) is 2.83. The second kappa shape index (κ2) is 21.4. The third-order valence-corrected chi connectivity index (χ3v) is 13.4. The summed E-state index contributed by atoms with van der Waals surface area (Å²) in [6.45, 7) is 24.5. The minimum atomic E-state index is -0.454. The van der Waals surface area contributed by atoms with Crippen LogP contribution in [-0.2, 0) is 11.8 Å². The van der Waals surface area contributed by atoms with Crippen LogP contribution in [0.1, 0.15) is 85.0 Å². The number of benzene rings is 5. The molecule has 0 saturated heterocycles. The number of aryl methyl sites for hydroxylation is 1. The van der Waals surface area contributed by atoms with Gasteiger partial charge in [0.05, 0.1) is 5.41 Å².